The molecule has 1 saturated heterocycles. The number of anilines is 1. The number of hydrogen-bond acceptors (Lipinski definition) is 7. The molecule has 21 heavy (non-hydrogen) atoms. The van der Waals surface area contributed by atoms with E-state index in [0.717, 1.165) is 19.6 Å². The summed E-state index contributed by atoms with van der Waals surface area (Å²) < 4.78 is 10.3. The highest BCUT2D eigenvalue weighted by atomic mass is 16.5. The van der Waals surface area contributed by atoms with Crippen LogP contribution >= 0.6 is 0 Å². The van der Waals surface area contributed by atoms with E-state index in [0.29, 0.717) is 17.9 Å². The van der Waals surface area contributed by atoms with E-state index in [1.165, 1.54) is 12.8 Å². The first-order valence-corrected chi connectivity index (χ1v) is 7.45. The second-order valence-corrected chi connectivity index (χ2v) is 5.55. The third-order valence-electron chi connectivity index (χ3n) is 3.74. The predicted molar refractivity (Wildman–Crippen MR) is 81.0 cm³/mol. The highest BCUT2D eigenvalue weighted by molar-refractivity contribution is 5.33. The van der Waals surface area contributed by atoms with Crippen LogP contribution in [-0.4, -0.2) is 54.8 Å². The first kappa shape index (κ1) is 15.8. The lowest BCUT2D eigenvalue weighted by molar-refractivity contribution is 0.335. The number of aromatic nitrogens is 3. The molecule has 7 heteroatoms. The summed E-state index contributed by atoms with van der Waals surface area (Å²) >= 11 is 0. The van der Waals surface area contributed by atoms with E-state index in [9.17, 15) is 0 Å². The third kappa shape index (κ3) is 4.17. The van der Waals surface area contributed by atoms with Crippen molar-refractivity contribution in [3.05, 3.63) is 0 Å². The maximum Gasteiger partial charge on any atom is 0.324 e. The molecule has 0 aromatic carbocycles. The Labute approximate surface area is 126 Å². The normalized spacial score (nSPS) is 16.0. The largest absolute Gasteiger partial charge is 0.467 e. The van der Waals surface area contributed by atoms with Gasteiger partial charge in [0.05, 0.1) is 14.2 Å². The third-order valence-corrected chi connectivity index (χ3v) is 3.74. The van der Waals surface area contributed by atoms with Crippen LogP contribution in [0.2, 0.25) is 0 Å². The number of nitrogens with one attached hydrogen (secondary N) is 1. The zero-order valence-corrected chi connectivity index (χ0v) is 13.3. The second-order valence-electron chi connectivity index (χ2n) is 5.55. The second kappa shape index (κ2) is 7.40. The van der Waals surface area contributed by atoms with Crippen molar-refractivity contribution < 1.29 is 9.47 Å². The van der Waals surface area contributed by atoms with Crippen molar-refractivity contribution in [1.29, 1.82) is 0 Å². The van der Waals surface area contributed by atoms with Crippen LogP contribution in [0.3, 0.4) is 0 Å². The molecule has 0 unspecified atom stereocenters. The maximum atomic E-state index is 5.14. The molecule has 0 spiro atoms. The molecule has 0 radical (unpaired) electrons. The Morgan fingerprint density at radius 1 is 1.10 bits per heavy atom. The maximum absolute atomic E-state index is 5.14. The van der Waals surface area contributed by atoms with Gasteiger partial charge in [-0.3, -0.25) is 0 Å². The number of nitrogens with zero attached hydrogens (tertiary/aromatic N) is 4. The van der Waals surface area contributed by atoms with Crippen LogP contribution in [0, 0.1) is 5.92 Å². The Balaban J connectivity index is 2.20. The lowest BCUT2D eigenvalue weighted by Crippen LogP contribution is -2.40. The number of ether oxygens (including phenoxy) is 2. The van der Waals surface area contributed by atoms with Crippen molar-refractivity contribution in [3.8, 4) is 12.0 Å². The van der Waals surface area contributed by atoms with E-state index in [1.54, 1.807) is 14.2 Å². The van der Waals surface area contributed by atoms with Crippen molar-refractivity contribution in [2.45, 2.75) is 32.7 Å². The minimum Gasteiger partial charge on any atom is -0.467 e. The van der Waals surface area contributed by atoms with Gasteiger partial charge in [0.2, 0.25) is 5.95 Å². The Kier molecular flexibility index (Phi) is 5.55. The van der Waals surface area contributed by atoms with Crippen molar-refractivity contribution in [2.75, 3.05) is 38.8 Å². The van der Waals surface area contributed by atoms with Crippen LogP contribution in [0.25, 0.3) is 0 Å². The van der Waals surface area contributed by atoms with Crippen molar-refractivity contribution >= 4 is 5.95 Å². The molecule has 118 valence electrons. The van der Waals surface area contributed by atoms with Crippen molar-refractivity contribution in [3.63, 3.8) is 0 Å². The fourth-order valence-corrected chi connectivity index (χ4v) is 2.50. The van der Waals surface area contributed by atoms with E-state index in [-0.39, 0.29) is 12.0 Å². The van der Waals surface area contributed by atoms with E-state index in [2.05, 4.69) is 39.0 Å². The van der Waals surface area contributed by atoms with Gasteiger partial charge in [-0.2, -0.15) is 9.97 Å². The van der Waals surface area contributed by atoms with Gasteiger partial charge in [0, 0.05) is 12.6 Å². The van der Waals surface area contributed by atoms with E-state index >= 15 is 0 Å². The lowest BCUT2D eigenvalue weighted by atomic mass is 9.97. The molecule has 1 fully saturated rings. The van der Waals surface area contributed by atoms with Gasteiger partial charge in [0.25, 0.3) is 0 Å². The summed E-state index contributed by atoms with van der Waals surface area (Å²) in [5, 5.41) is 3.39. The number of methoxy groups -OCH3 is 2. The molecule has 0 atom stereocenters. The quantitative estimate of drug-likeness (QED) is 0.842. The fraction of sp³-hybridized carbons (Fsp3) is 0.786. The molecule has 7 nitrogen and oxygen atoms in total. The van der Waals surface area contributed by atoms with E-state index in [1.807, 2.05) is 0 Å². The summed E-state index contributed by atoms with van der Waals surface area (Å²) in [7, 11) is 3.09. The molecule has 1 aromatic heterocycles. The zero-order chi connectivity index (χ0) is 15.2. The monoisotopic (exact) mass is 295 g/mol. The average Bonchev–Trinajstić information content (AvgIpc) is 2.52. The smallest absolute Gasteiger partial charge is 0.324 e. The lowest BCUT2D eigenvalue weighted by Gasteiger charge is -2.32. The minimum atomic E-state index is 0.285. The zero-order valence-electron chi connectivity index (χ0n) is 13.3. The molecule has 0 aliphatic carbocycles. The Bertz CT molecular complexity index is 427. The van der Waals surface area contributed by atoms with Gasteiger partial charge < -0.3 is 19.7 Å². The van der Waals surface area contributed by atoms with Gasteiger partial charge in [0.1, 0.15) is 0 Å². The number of hydrogen-bond donors (Lipinski definition) is 1. The molecule has 1 aliphatic heterocycles. The van der Waals surface area contributed by atoms with Gasteiger partial charge >= 0.3 is 12.0 Å². The summed E-state index contributed by atoms with van der Waals surface area (Å²) in [6.45, 7) is 7.39. The van der Waals surface area contributed by atoms with Gasteiger partial charge in [-0.05, 0) is 45.7 Å². The summed E-state index contributed by atoms with van der Waals surface area (Å²) in [4.78, 5) is 15.0. The Hall–Kier alpha value is -1.63. The van der Waals surface area contributed by atoms with Crippen LogP contribution in [0.1, 0.15) is 26.7 Å². The van der Waals surface area contributed by atoms with Crippen LogP contribution in [0.15, 0.2) is 0 Å². The number of piperidine rings is 1. The molecule has 0 amide bonds. The summed E-state index contributed by atoms with van der Waals surface area (Å²) in [5.74, 6) is 1.27. The van der Waals surface area contributed by atoms with Gasteiger partial charge in [-0.15, -0.1) is 4.98 Å². The van der Waals surface area contributed by atoms with Gasteiger partial charge in [-0.25, -0.2) is 0 Å². The highest BCUT2D eigenvalue weighted by Gasteiger charge is 2.22. The topological polar surface area (TPSA) is 72.4 Å². The predicted octanol–water partition coefficient (Wildman–Crippen LogP) is 1.10. The Morgan fingerprint density at radius 3 is 2.14 bits per heavy atom. The van der Waals surface area contributed by atoms with Crippen LogP contribution < -0.4 is 19.7 Å². The van der Waals surface area contributed by atoms with Crippen LogP contribution in [0.4, 0.5) is 5.95 Å². The Morgan fingerprint density at radius 2 is 1.67 bits per heavy atom. The molecular formula is C14H25N5O2. The minimum absolute atomic E-state index is 0.285. The van der Waals surface area contributed by atoms with Crippen LogP contribution in [-0.2, 0) is 0 Å². The summed E-state index contributed by atoms with van der Waals surface area (Å²) in [5.41, 5.74) is 0. The molecular weight excluding hydrogens is 270 g/mol. The molecule has 2 heterocycles. The van der Waals surface area contributed by atoms with Gasteiger partial charge in [0.15, 0.2) is 0 Å². The molecule has 1 aromatic rings. The first-order chi connectivity index (χ1) is 10.1. The van der Waals surface area contributed by atoms with E-state index < -0.39 is 0 Å². The SMILES string of the molecule is COc1nc(OC)nc(N(CC2CCNCC2)C(C)C)n1. The average molecular weight is 295 g/mol. The first-order valence-electron chi connectivity index (χ1n) is 7.45. The molecule has 1 aliphatic rings. The highest BCUT2D eigenvalue weighted by Crippen LogP contribution is 2.22. The van der Waals surface area contributed by atoms with Crippen molar-refractivity contribution in [2.24, 2.45) is 5.92 Å². The van der Waals surface area contributed by atoms with Crippen molar-refractivity contribution in [1.82, 2.24) is 20.3 Å². The molecule has 1 N–H and O–H groups in total. The van der Waals surface area contributed by atoms with Gasteiger partial charge in [-0.1, -0.05) is 0 Å². The molecule has 0 bridgehead atoms. The fourth-order valence-electron chi connectivity index (χ4n) is 2.50. The van der Waals surface area contributed by atoms with Crippen LogP contribution in [0.5, 0.6) is 12.0 Å². The van der Waals surface area contributed by atoms with E-state index in [4.69, 9.17) is 9.47 Å². The number of rotatable bonds is 6. The molecule has 2 rings (SSSR count). The standard InChI is InChI=1S/C14H25N5O2/c1-10(2)19(9-11-5-7-15-8-6-11)12-16-13(20-3)18-14(17-12)21-4/h10-11,15H,5-9H2,1-4H3. The molecule has 0 saturated carbocycles. The summed E-state index contributed by atoms with van der Waals surface area (Å²) in [6.07, 6.45) is 2.37. The summed E-state index contributed by atoms with van der Waals surface area (Å²) in [6, 6.07) is 0.873.